The summed E-state index contributed by atoms with van der Waals surface area (Å²) in [5.74, 6) is -0.523. The number of hydrogen-bond acceptors (Lipinski definition) is 6. The summed E-state index contributed by atoms with van der Waals surface area (Å²) >= 11 is 1.47. The van der Waals surface area contributed by atoms with Gasteiger partial charge in [0, 0.05) is 23.3 Å². The molecule has 0 spiro atoms. The number of amides is 2. The summed E-state index contributed by atoms with van der Waals surface area (Å²) in [5, 5.41) is 9.65. The van der Waals surface area contributed by atoms with Gasteiger partial charge in [0.1, 0.15) is 0 Å². The van der Waals surface area contributed by atoms with Gasteiger partial charge in [-0.3, -0.25) is 19.0 Å². The van der Waals surface area contributed by atoms with E-state index in [0.29, 0.717) is 17.8 Å². The molecule has 2 aromatic heterocycles. The predicted molar refractivity (Wildman–Crippen MR) is 114 cm³/mol. The van der Waals surface area contributed by atoms with Crippen molar-refractivity contribution in [1.29, 1.82) is 0 Å². The number of thiophene rings is 1. The van der Waals surface area contributed by atoms with Crippen molar-refractivity contribution < 1.29 is 14.2 Å². The molecule has 1 aliphatic heterocycles. The monoisotopic (exact) mass is 428 g/mol. The van der Waals surface area contributed by atoms with Gasteiger partial charge in [-0.2, -0.15) is 5.16 Å². The summed E-state index contributed by atoms with van der Waals surface area (Å²) in [6.45, 7) is 4.41. The Morgan fingerprint density at radius 1 is 1.33 bits per heavy atom. The quantitative estimate of drug-likeness (QED) is 0.650. The van der Waals surface area contributed by atoms with Gasteiger partial charge in [0.25, 0.3) is 11.8 Å². The maximum absolute atomic E-state index is 13.0. The Bertz CT molecular complexity index is 1130. The molecule has 1 atom stereocenters. The topological polar surface area (TPSA) is 108 Å². The van der Waals surface area contributed by atoms with E-state index in [-0.39, 0.29) is 23.7 Å². The highest BCUT2D eigenvalue weighted by atomic mass is 32.1. The summed E-state index contributed by atoms with van der Waals surface area (Å²) in [4.78, 5) is 40.1. The van der Waals surface area contributed by atoms with E-state index in [1.165, 1.54) is 11.3 Å². The molecule has 0 saturated carbocycles. The fourth-order valence-corrected chi connectivity index (χ4v) is 5.14. The Balaban J connectivity index is 1.69. The van der Waals surface area contributed by atoms with Crippen LogP contribution in [-0.2, 0) is 6.42 Å². The molecule has 9 heteroatoms. The minimum Gasteiger partial charge on any atom is -0.349 e. The number of benzene rings is 1. The van der Waals surface area contributed by atoms with Crippen molar-refractivity contribution in [1.82, 2.24) is 20.5 Å². The van der Waals surface area contributed by atoms with Gasteiger partial charge in [-0.15, -0.1) is 11.3 Å². The van der Waals surface area contributed by atoms with Crippen LogP contribution in [0, 0.1) is 0 Å². The molecule has 2 amide bonds. The second-order valence-electron chi connectivity index (χ2n) is 7.85. The molecule has 30 heavy (non-hydrogen) atoms. The Hall–Kier alpha value is -2.94. The fourth-order valence-electron chi connectivity index (χ4n) is 4.00. The molecule has 1 aliphatic rings. The van der Waals surface area contributed by atoms with Crippen molar-refractivity contribution in [2.75, 3.05) is 6.54 Å². The Morgan fingerprint density at radius 2 is 2.13 bits per heavy atom. The lowest BCUT2D eigenvalue weighted by Gasteiger charge is -2.35. The number of piperidine rings is 1. The molecule has 4 rings (SSSR count). The van der Waals surface area contributed by atoms with E-state index in [1.807, 2.05) is 38.1 Å². The van der Waals surface area contributed by atoms with E-state index < -0.39 is 11.5 Å². The van der Waals surface area contributed by atoms with Crippen molar-refractivity contribution in [2.24, 2.45) is 0 Å². The van der Waals surface area contributed by atoms with Crippen LogP contribution in [0.4, 0.5) is 0 Å². The van der Waals surface area contributed by atoms with Crippen LogP contribution in [0.25, 0.3) is 10.1 Å². The first-order valence-corrected chi connectivity index (χ1v) is 10.9. The van der Waals surface area contributed by atoms with Gasteiger partial charge in [-0.1, -0.05) is 18.2 Å². The minimum absolute atomic E-state index is 0.0298. The maximum atomic E-state index is 13.0. The van der Waals surface area contributed by atoms with Crippen LogP contribution in [0.3, 0.4) is 0 Å². The third kappa shape index (κ3) is 3.89. The third-order valence-electron chi connectivity index (χ3n) is 5.34. The number of fused-ring (bicyclic) bond motifs is 1. The number of H-pyrrole nitrogens is 1. The highest BCUT2D eigenvalue weighted by Crippen LogP contribution is 2.34. The van der Waals surface area contributed by atoms with Gasteiger partial charge in [-0.25, -0.2) is 0 Å². The lowest BCUT2D eigenvalue weighted by atomic mass is 9.93. The molecule has 158 valence electrons. The lowest BCUT2D eigenvalue weighted by Crippen LogP contribution is -2.46. The average molecular weight is 429 g/mol. The highest BCUT2D eigenvalue weighted by molar-refractivity contribution is 7.21. The number of aromatic nitrogens is 2. The Kier molecular flexibility index (Phi) is 5.72. The van der Waals surface area contributed by atoms with Crippen LogP contribution in [-0.4, -0.2) is 45.7 Å². The molecule has 3 heterocycles. The molecule has 8 nitrogen and oxygen atoms in total. The lowest BCUT2D eigenvalue weighted by molar-refractivity contribution is 0.0601. The number of hydrogen-bond donors (Lipinski definition) is 2. The van der Waals surface area contributed by atoms with Gasteiger partial charge >= 0.3 is 5.56 Å². The number of nitrogens with zero attached hydrogens (tertiary/aromatic N) is 2. The SMILES string of the molecule is CC(C)NC(=O)c1sc2ccccc2c1C[C@@H]1CCCCN1C(=O)c1no[nH]c1=O. The number of nitrogens with one attached hydrogen (secondary N) is 2. The first-order valence-electron chi connectivity index (χ1n) is 10.1. The zero-order chi connectivity index (χ0) is 21.3. The molecule has 0 bridgehead atoms. The van der Waals surface area contributed by atoms with Gasteiger partial charge in [0.15, 0.2) is 0 Å². The molecule has 1 fully saturated rings. The number of carbonyl (C=O) groups excluding carboxylic acids is 2. The molecule has 0 unspecified atom stereocenters. The summed E-state index contributed by atoms with van der Waals surface area (Å²) < 4.78 is 5.60. The normalized spacial score (nSPS) is 16.9. The molecule has 0 aliphatic carbocycles. The number of rotatable bonds is 5. The second kappa shape index (κ2) is 8.43. The van der Waals surface area contributed by atoms with Gasteiger partial charge in [0.05, 0.1) is 4.88 Å². The zero-order valence-electron chi connectivity index (χ0n) is 16.9. The summed E-state index contributed by atoms with van der Waals surface area (Å²) in [7, 11) is 0. The summed E-state index contributed by atoms with van der Waals surface area (Å²) in [5.41, 5.74) is 0.102. The van der Waals surface area contributed by atoms with Gasteiger partial charge in [0.2, 0.25) is 5.69 Å². The predicted octanol–water partition coefficient (Wildman–Crippen LogP) is 2.95. The van der Waals surface area contributed by atoms with Gasteiger partial charge in [-0.05, 0) is 61.7 Å². The maximum Gasteiger partial charge on any atom is 0.313 e. The van der Waals surface area contributed by atoms with Crippen LogP contribution in [0.5, 0.6) is 0 Å². The van der Waals surface area contributed by atoms with Crippen molar-refractivity contribution in [3.05, 3.63) is 50.8 Å². The number of aromatic amines is 1. The van der Waals surface area contributed by atoms with Crippen molar-refractivity contribution >= 4 is 33.2 Å². The van der Waals surface area contributed by atoms with E-state index in [9.17, 15) is 14.4 Å². The molecular formula is C21H24N4O4S. The van der Waals surface area contributed by atoms with Crippen molar-refractivity contribution in [2.45, 2.75) is 51.6 Å². The molecule has 0 radical (unpaired) electrons. The van der Waals surface area contributed by atoms with E-state index >= 15 is 0 Å². The van der Waals surface area contributed by atoms with E-state index in [4.69, 9.17) is 0 Å². The first-order chi connectivity index (χ1) is 14.5. The largest absolute Gasteiger partial charge is 0.349 e. The molecule has 2 N–H and O–H groups in total. The molecular weight excluding hydrogens is 404 g/mol. The highest BCUT2D eigenvalue weighted by Gasteiger charge is 2.32. The van der Waals surface area contributed by atoms with Crippen LogP contribution < -0.4 is 10.9 Å². The van der Waals surface area contributed by atoms with Gasteiger partial charge < -0.3 is 10.2 Å². The van der Waals surface area contributed by atoms with Crippen LogP contribution >= 0.6 is 11.3 Å². The smallest absolute Gasteiger partial charge is 0.313 e. The second-order valence-corrected chi connectivity index (χ2v) is 8.90. The van der Waals surface area contributed by atoms with Crippen LogP contribution in [0.15, 0.2) is 33.7 Å². The average Bonchev–Trinajstić information content (AvgIpc) is 3.31. The van der Waals surface area contributed by atoms with Crippen LogP contribution in [0.2, 0.25) is 0 Å². The summed E-state index contributed by atoms with van der Waals surface area (Å²) in [6, 6.07) is 7.86. The van der Waals surface area contributed by atoms with E-state index in [1.54, 1.807) is 4.90 Å². The zero-order valence-corrected chi connectivity index (χ0v) is 17.8. The number of likely N-dealkylation sites (tertiary alicyclic amines) is 1. The molecule has 3 aromatic rings. The van der Waals surface area contributed by atoms with Crippen LogP contribution in [0.1, 0.15) is 58.8 Å². The van der Waals surface area contributed by atoms with Crippen molar-refractivity contribution in [3.8, 4) is 0 Å². The van der Waals surface area contributed by atoms with Crippen molar-refractivity contribution in [3.63, 3.8) is 0 Å². The molecule has 1 saturated heterocycles. The Labute approximate surface area is 177 Å². The first kappa shape index (κ1) is 20.3. The van der Waals surface area contributed by atoms with E-state index in [0.717, 1.165) is 34.9 Å². The third-order valence-corrected chi connectivity index (χ3v) is 6.56. The minimum atomic E-state index is -0.623. The molecule has 1 aromatic carbocycles. The Morgan fingerprint density at radius 3 is 2.87 bits per heavy atom. The standard InChI is InChI=1S/C21H24N4O4S/c1-12(2)22-20(27)18-15(14-8-3-4-9-16(14)30-18)11-13-7-5-6-10-25(13)21(28)17-19(26)24-29-23-17/h3-4,8-9,12-13H,5-7,10-11H2,1-2H3,(H,22,27)(H,24,26)/t13-/m0/s1. The summed E-state index contributed by atoms with van der Waals surface area (Å²) in [6.07, 6.45) is 3.20. The van der Waals surface area contributed by atoms with E-state index in [2.05, 4.69) is 20.3 Å². The number of carbonyl (C=O) groups is 2. The fraction of sp³-hybridized carbons (Fsp3) is 0.429.